The van der Waals surface area contributed by atoms with Crippen LogP contribution in [0.25, 0.3) is 10.8 Å². The maximum absolute atomic E-state index is 10.1. The molecule has 0 saturated carbocycles. The summed E-state index contributed by atoms with van der Waals surface area (Å²) in [6.45, 7) is 8.36. The molecule has 0 aliphatic heterocycles. The van der Waals surface area contributed by atoms with E-state index in [-0.39, 0.29) is 11.5 Å². The third kappa shape index (κ3) is 2.78. The maximum atomic E-state index is 10.1. The molecule has 0 spiro atoms. The Morgan fingerprint density at radius 2 is 1.84 bits per heavy atom. The van der Waals surface area contributed by atoms with Gasteiger partial charge in [-0.1, -0.05) is 13.8 Å². The smallest absolute Gasteiger partial charge is 0.178 e. The van der Waals surface area contributed by atoms with Crippen molar-refractivity contribution in [1.29, 1.82) is 0 Å². The Labute approximate surface area is 117 Å². The van der Waals surface area contributed by atoms with Crippen LogP contribution < -0.4 is 4.57 Å². The molecule has 0 amide bonds. The standard InChI is InChI=1S/C15H19NO2S/c1-9(2)16-6-5-11-7-13(17)14(18)15(12(11)8-16)19-10(3)4/h5-10,18H,1-4H3/p+1. The van der Waals surface area contributed by atoms with E-state index < -0.39 is 0 Å². The molecule has 2 N–H and O–H groups in total. The highest BCUT2D eigenvalue weighted by Crippen LogP contribution is 2.42. The molecule has 0 bridgehead atoms. The lowest BCUT2D eigenvalue weighted by molar-refractivity contribution is -0.715. The Kier molecular flexibility index (Phi) is 3.90. The van der Waals surface area contributed by atoms with Crippen LogP contribution in [0.2, 0.25) is 0 Å². The summed E-state index contributed by atoms with van der Waals surface area (Å²) in [4.78, 5) is 0.750. The average Bonchev–Trinajstić information content (AvgIpc) is 2.34. The fraction of sp³-hybridized carbons (Fsp3) is 0.400. The van der Waals surface area contributed by atoms with Gasteiger partial charge in [0.1, 0.15) is 0 Å². The summed E-state index contributed by atoms with van der Waals surface area (Å²) in [6.07, 6.45) is 4.02. The normalized spacial score (nSPS) is 11.7. The molecule has 1 heterocycles. The first-order valence-corrected chi connectivity index (χ1v) is 7.34. The number of rotatable bonds is 3. The van der Waals surface area contributed by atoms with E-state index in [0.717, 1.165) is 15.7 Å². The van der Waals surface area contributed by atoms with E-state index in [1.807, 2.05) is 18.5 Å². The van der Waals surface area contributed by atoms with Crippen LogP contribution >= 0.6 is 11.8 Å². The number of aromatic nitrogens is 1. The molecule has 0 aliphatic rings. The molecule has 1 aromatic carbocycles. The molecule has 3 nitrogen and oxygen atoms in total. The molecule has 0 unspecified atom stereocenters. The van der Waals surface area contributed by atoms with E-state index in [1.165, 1.54) is 0 Å². The highest BCUT2D eigenvalue weighted by Gasteiger charge is 2.17. The predicted octanol–water partition coefficient (Wildman–Crippen LogP) is 3.62. The van der Waals surface area contributed by atoms with Gasteiger partial charge in [-0.05, 0) is 25.3 Å². The largest absolute Gasteiger partial charge is 0.504 e. The van der Waals surface area contributed by atoms with E-state index in [2.05, 4.69) is 32.3 Å². The summed E-state index contributed by atoms with van der Waals surface area (Å²) in [7, 11) is 0. The second-order valence-corrected chi connectivity index (χ2v) is 6.82. The number of benzene rings is 1. The Bertz CT molecular complexity index is 609. The van der Waals surface area contributed by atoms with E-state index >= 15 is 0 Å². The summed E-state index contributed by atoms with van der Waals surface area (Å²) >= 11 is 1.57. The van der Waals surface area contributed by atoms with Gasteiger partial charge >= 0.3 is 0 Å². The van der Waals surface area contributed by atoms with Crippen LogP contribution in [0.3, 0.4) is 0 Å². The topological polar surface area (TPSA) is 44.3 Å². The van der Waals surface area contributed by atoms with E-state index in [9.17, 15) is 10.2 Å². The zero-order valence-electron chi connectivity index (χ0n) is 11.7. The van der Waals surface area contributed by atoms with Gasteiger partial charge in [0, 0.05) is 11.3 Å². The lowest BCUT2D eigenvalue weighted by atomic mass is 10.1. The van der Waals surface area contributed by atoms with Gasteiger partial charge < -0.3 is 10.2 Å². The Morgan fingerprint density at radius 3 is 2.42 bits per heavy atom. The zero-order valence-corrected chi connectivity index (χ0v) is 12.5. The second kappa shape index (κ2) is 5.29. The number of nitrogens with zero attached hydrogens (tertiary/aromatic N) is 1. The molecule has 2 rings (SSSR count). The third-order valence-electron chi connectivity index (χ3n) is 2.96. The van der Waals surface area contributed by atoms with Crippen molar-refractivity contribution in [3.8, 4) is 11.5 Å². The molecule has 19 heavy (non-hydrogen) atoms. The number of fused-ring (bicyclic) bond motifs is 1. The van der Waals surface area contributed by atoms with Crippen LogP contribution in [0.4, 0.5) is 0 Å². The van der Waals surface area contributed by atoms with Gasteiger partial charge in [0.25, 0.3) is 0 Å². The molecule has 2 aromatic rings. The van der Waals surface area contributed by atoms with E-state index in [0.29, 0.717) is 11.3 Å². The third-order valence-corrected chi connectivity index (χ3v) is 4.08. The lowest BCUT2D eigenvalue weighted by Gasteiger charge is -2.12. The van der Waals surface area contributed by atoms with Crippen molar-refractivity contribution in [2.24, 2.45) is 0 Å². The average molecular weight is 278 g/mol. The first-order chi connectivity index (χ1) is 8.90. The number of aromatic hydroxyl groups is 2. The van der Waals surface area contributed by atoms with Gasteiger partial charge in [0.15, 0.2) is 29.9 Å². The van der Waals surface area contributed by atoms with Crippen LogP contribution in [-0.2, 0) is 0 Å². The SMILES string of the molecule is CC(C)Sc1c(O)c(O)cc2cc[n+](C(C)C)cc12. The number of phenolic OH excluding ortho intramolecular Hbond substituents is 2. The highest BCUT2D eigenvalue weighted by atomic mass is 32.2. The summed E-state index contributed by atoms with van der Waals surface area (Å²) < 4.78 is 2.10. The second-order valence-electron chi connectivity index (χ2n) is 5.23. The molecular weight excluding hydrogens is 258 g/mol. The summed E-state index contributed by atoms with van der Waals surface area (Å²) in [5, 5.41) is 22.2. The Hall–Kier alpha value is -1.42. The maximum Gasteiger partial charge on any atom is 0.178 e. The van der Waals surface area contributed by atoms with Crippen molar-refractivity contribution in [2.75, 3.05) is 0 Å². The first-order valence-electron chi connectivity index (χ1n) is 6.46. The van der Waals surface area contributed by atoms with Crippen molar-refractivity contribution in [1.82, 2.24) is 0 Å². The molecule has 1 aromatic heterocycles. The molecule has 0 fully saturated rings. The monoisotopic (exact) mass is 278 g/mol. The number of hydrogen-bond donors (Lipinski definition) is 2. The van der Waals surface area contributed by atoms with Gasteiger partial charge in [-0.25, -0.2) is 4.57 Å². The van der Waals surface area contributed by atoms with Gasteiger partial charge in [0.2, 0.25) is 0 Å². The number of phenols is 2. The summed E-state index contributed by atoms with van der Waals surface area (Å²) in [6, 6.07) is 3.94. The minimum atomic E-state index is -0.0575. The first kappa shape index (κ1) is 14.0. The quantitative estimate of drug-likeness (QED) is 0.512. The van der Waals surface area contributed by atoms with E-state index in [4.69, 9.17) is 0 Å². The molecule has 102 valence electrons. The number of thioether (sulfide) groups is 1. The molecule has 0 atom stereocenters. The van der Waals surface area contributed by atoms with Crippen LogP contribution in [-0.4, -0.2) is 15.5 Å². The van der Waals surface area contributed by atoms with Gasteiger partial charge in [-0.2, -0.15) is 0 Å². The number of pyridine rings is 1. The molecule has 0 saturated heterocycles. The Balaban J connectivity index is 2.72. The number of hydrogen-bond acceptors (Lipinski definition) is 3. The fourth-order valence-corrected chi connectivity index (χ4v) is 2.96. The zero-order chi connectivity index (χ0) is 14.2. The van der Waals surface area contributed by atoms with Gasteiger partial charge in [0.05, 0.1) is 10.3 Å². The highest BCUT2D eigenvalue weighted by molar-refractivity contribution is 8.00. The molecule has 4 heteroatoms. The lowest BCUT2D eigenvalue weighted by Crippen LogP contribution is -2.34. The molecule has 0 aliphatic carbocycles. The summed E-state index contributed by atoms with van der Waals surface area (Å²) in [5.41, 5.74) is 0. The van der Waals surface area contributed by atoms with E-state index in [1.54, 1.807) is 17.8 Å². The Morgan fingerprint density at radius 1 is 1.16 bits per heavy atom. The molecule has 0 radical (unpaired) electrons. The van der Waals surface area contributed by atoms with Crippen molar-refractivity contribution >= 4 is 22.5 Å². The van der Waals surface area contributed by atoms with Crippen molar-refractivity contribution in [3.63, 3.8) is 0 Å². The minimum Gasteiger partial charge on any atom is -0.504 e. The van der Waals surface area contributed by atoms with Crippen LogP contribution in [0.1, 0.15) is 33.7 Å². The van der Waals surface area contributed by atoms with Crippen molar-refractivity contribution in [2.45, 2.75) is 43.9 Å². The van der Waals surface area contributed by atoms with Crippen molar-refractivity contribution in [3.05, 3.63) is 24.5 Å². The van der Waals surface area contributed by atoms with Crippen molar-refractivity contribution < 1.29 is 14.8 Å². The molecular formula is C15H20NO2S+. The van der Waals surface area contributed by atoms with Gasteiger partial charge in [-0.15, -0.1) is 11.8 Å². The van der Waals surface area contributed by atoms with Crippen LogP contribution in [0.15, 0.2) is 29.4 Å². The summed E-state index contributed by atoms with van der Waals surface area (Å²) in [5.74, 6) is -0.0781. The minimum absolute atomic E-state index is 0.0206. The predicted molar refractivity (Wildman–Crippen MR) is 78.9 cm³/mol. The van der Waals surface area contributed by atoms with Crippen LogP contribution in [0, 0.1) is 0 Å². The fourth-order valence-electron chi connectivity index (χ4n) is 1.97. The van der Waals surface area contributed by atoms with Gasteiger partial charge in [-0.3, -0.25) is 0 Å². The van der Waals surface area contributed by atoms with Crippen LogP contribution in [0.5, 0.6) is 11.5 Å².